The summed E-state index contributed by atoms with van der Waals surface area (Å²) in [5.41, 5.74) is 2.39. The highest BCUT2D eigenvalue weighted by molar-refractivity contribution is 7.80. The summed E-state index contributed by atoms with van der Waals surface area (Å²) < 4.78 is 8.45. The lowest BCUT2D eigenvalue weighted by Crippen LogP contribution is -2.37. The summed E-state index contributed by atoms with van der Waals surface area (Å²) in [5, 5.41) is 4.39. The van der Waals surface area contributed by atoms with Gasteiger partial charge in [0, 0.05) is 37.3 Å². The largest absolute Gasteiger partial charge is 0.376 e. The van der Waals surface area contributed by atoms with Crippen LogP contribution in [-0.2, 0) is 4.74 Å². The summed E-state index contributed by atoms with van der Waals surface area (Å²) in [6.45, 7) is 1.71. The van der Waals surface area contributed by atoms with Crippen LogP contribution in [0, 0.1) is 0 Å². The van der Waals surface area contributed by atoms with Crippen molar-refractivity contribution in [3.05, 3.63) is 54.1 Å². The molecule has 0 spiro atoms. The van der Waals surface area contributed by atoms with Crippen LogP contribution in [0.1, 0.15) is 68.0 Å². The Hall–Kier alpha value is -1.92. The third kappa shape index (κ3) is 3.33. The molecule has 4 heterocycles. The lowest BCUT2D eigenvalue weighted by atomic mass is 10.0. The van der Waals surface area contributed by atoms with E-state index in [1.807, 2.05) is 12.3 Å². The molecule has 5 nitrogen and oxygen atoms in total. The second-order valence-corrected chi connectivity index (χ2v) is 8.58. The Kier molecular flexibility index (Phi) is 5.07. The predicted octanol–water partition coefficient (Wildman–Crippen LogP) is 4.15. The Labute approximate surface area is 172 Å². The maximum absolute atomic E-state index is 5.95. The van der Waals surface area contributed by atoms with Crippen molar-refractivity contribution in [2.75, 3.05) is 13.2 Å². The number of hydrogen-bond donors (Lipinski definition) is 1. The van der Waals surface area contributed by atoms with Gasteiger partial charge < -0.3 is 19.5 Å². The lowest BCUT2D eigenvalue weighted by molar-refractivity contribution is 0.0832. The molecule has 0 radical (unpaired) electrons. The molecule has 2 aromatic heterocycles. The molecule has 1 aliphatic carbocycles. The monoisotopic (exact) mass is 396 g/mol. The molecule has 1 saturated carbocycles. The normalized spacial score (nSPS) is 28.2. The number of thiocarbonyl (C=S) groups is 1. The van der Waals surface area contributed by atoms with Gasteiger partial charge in [0.15, 0.2) is 5.11 Å². The van der Waals surface area contributed by atoms with E-state index < -0.39 is 0 Å². The van der Waals surface area contributed by atoms with E-state index >= 15 is 0 Å². The lowest BCUT2D eigenvalue weighted by Gasteiger charge is -2.31. The molecule has 0 amide bonds. The molecule has 0 aromatic carbocycles. The summed E-state index contributed by atoms with van der Waals surface area (Å²) in [6.07, 6.45) is 11.8. The molecule has 2 saturated heterocycles. The number of rotatable bonds is 5. The van der Waals surface area contributed by atoms with Crippen LogP contribution in [0.25, 0.3) is 0 Å². The van der Waals surface area contributed by atoms with Gasteiger partial charge in [0.05, 0.1) is 23.9 Å². The maximum Gasteiger partial charge on any atom is 0.170 e. The average Bonchev–Trinajstić information content (AvgIpc) is 3.51. The van der Waals surface area contributed by atoms with Crippen LogP contribution in [0.3, 0.4) is 0 Å². The van der Waals surface area contributed by atoms with Gasteiger partial charge in [-0.15, -0.1) is 0 Å². The van der Waals surface area contributed by atoms with Crippen LogP contribution in [0.2, 0.25) is 0 Å². The van der Waals surface area contributed by atoms with Crippen molar-refractivity contribution in [3.63, 3.8) is 0 Å². The minimum atomic E-state index is 0.0603. The fourth-order valence-electron chi connectivity index (χ4n) is 5.10. The van der Waals surface area contributed by atoms with E-state index in [1.54, 1.807) is 0 Å². The third-order valence-corrected chi connectivity index (χ3v) is 6.81. The van der Waals surface area contributed by atoms with Crippen molar-refractivity contribution < 1.29 is 4.74 Å². The van der Waals surface area contributed by atoms with Gasteiger partial charge in [0.2, 0.25) is 0 Å². The highest BCUT2D eigenvalue weighted by Crippen LogP contribution is 2.42. The highest BCUT2D eigenvalue weighted by Gasteiger charge is 2.42. The van der Waals surface area contributed by atoms with Crippen molar-refractivity contribution in [2.24, 2.45) is 0 Å². The molecule has 28 heavy (non-hydrogen) atoms. The first-order valence-electron chi connectivity index (χ1n) is 10.6. The summed E-state index contributed by atoms with van der Waals surface area (Å²) in [4.78, 5) is 7.01. The first-order valence-corrected chi connectivity index (χ1v) is 11.0. The number of nitrogens with zero attached hydrogens (tertiary/aromatic N) is 3. The molecule has 0 unspecified atom stereocenters. The van der Waals surface area contributed by atoms with Gasteiger partial charge in [-0.3, -0.25) is 4.98 Å². The number of hydrogen-bond acceptors (Lipinski definition) is 3. The fraction of sp³-hybridized carbons (Fsp3) is 0.545. The highest BCUT2D eigenvalue weighted by atomic mass is 32.1. The van der Waals surface area contributed by atoms with Crippen molar-refractivity contribution in [1.29, 1.82) is 0 Å². The van der Waals surface area contributed by atoms with Crippen molar-refractivity contribution in [3.8, 4) is 0 Å². The molecular formula is C22H28N4OS. The fourth-order valence-corrected chi connectivity index (χ4v) is 5.42. The molecule has 2 aliphatic heterocycles. The Balaban J connectivity index is 1.52. The van der Waals surface area contributed by atoms with Crippen LogP contribution in [0.5, 0.6) is 0 Å². The van der Waals surface area contributed by atoms with E-state index in [-0.39, 0.29) is 18.2 Å². The second-order valence-electron chi connectivity index (χ2n) is 8.19. The molecule has 148 valence electrons. The van der Waals surface area contributed by atoms with Gasteiger partial charge in [-0.25, -0.2) is 0 Å². The van der Waals surface area contributed by atoms with Crippen LogP contribution in [0.4, 0.5) is 0 Å². The van der Waals surface area contributed by atoms with Crippen LogP contribution < -0.4 is 5.32 Å². The summed E-state index contributed by atoms with van der Waals surface area (Å²) >= 11 is 5.80. The molecule has 2 aromatic rings. The quantitative estimate of drug-likeness (QED) is 0.769. The molecule has 3 fully saturated rings. The molecule has 3 atom stereocenters. The maximum atomic E-state index is 5.95. The second kappa shape index (κ2) is 7.84. The Morgan fingerprint density at radius 1 is 1.11 bits per heavy atom. The minimum absolute atomic E-state index is 0.0603. The van der Waals surface area contributed by atoms with Crippen LogP contribution >= 0.6 is 12.2 Å². The van der Waals surface area contributed by atoms with E-state index in [0.29, 0.717) is 6.04 Å². The molecule has 0 bridgehead atoms. The van der Waals surface area contributed by atoms with E-state index in [2.05, 4.69) is 50.2 Å². The van der Waals surface area contributed by atoms with Crippen LogP contribution in [0.15, 0.2) is 42.7 Å². The van der Waals surface area contributed by atoms with E-state index in [4.69, 9.17) is 17.0 Å². The number of ether oxygens (including phenoxy) is 1. The van der Waals surface area contributed by atoms with Gasteiger partial charge in [-0.2, -0.15) is 0 Å². The number of nitrogens with one attached hydrogen (secondary N) is 1. The average molecular weight is 397 g/mol. The first kappa shape index (κ1) is 18.1. The zero-order valence-electron chi connectivity index (χ0n) is 16.2. The number of pyridine rings is 1. The van der Waals surface area contributed by atoms with Gasteiger partial charge in [-0.1, -0.05) is 18.9 Å². The standard InChI is InChI=1S/C22H28N4OS/c28-22-24-20(18-10-3-4-12-23-18)21(26(22)15-17-9-6-14-27-17)19-11-5-13-25(19)16-7-1-2-8-16/h3-5,10-13,16-17,20-21H,1-2,6-9,14-15H2,(H,24,28)/t17-,20+,21+/m0/s1. The van der Waals surface area contributed by atoms with Crippen LogP contribution in [-0.4, -0.2) is 38.8 Å². The van der Waals surface area contributed by atoms with E-state index in [0.717, 1.165) is 36.8 Å². The predicted molar refractivity (Wildman–Crippen MR) is 113 cm³/mol. The topological polar surface area (TPSA) is 42.3 Å². The van der Waals surface area contributed by atoms with Crippen molar-refractivity contribution in [2.45, 2.75) is 62.8 Å². The summed E-state index contributed by atoms with van der Waals surface area (Å²) in [7, 11) is 0. The molecule has 5 rings (SSSR count). The van der Waals surface area contributed by atoms with Crippen molar-refractivity contribution in [1.82, 2.24) is 19.8 Å². The zero-order chi connectivity index (χ0) is 18.9. The minimum Gasteiger partial charge on any atom is -0.376 e. The Morgan fingerprint density at radius 2 is 2.00 bits per heavy atom. The van der Waals surface area contributed by atoms with E-state index in [1.165, 1.54) is 31.4 Å². The molecule has 1 N–H and O–H groups in total. The van der Waals surface area contributed by atoms with E-state index in [9.17, 15) is 0 Å². The van der Waals surface area contributed by atoms with Gasteiger partial charge in [0.25, 0.3) is 0 Å². The van der Waals surface area contributed by atoms with Gasteiger partial charge >= 0.3 is 0 Å². The SMILES string of the molecule is S=C1N[C@H](c2ccccn2)[C@@H](c2cccn2C2CCCC2)N1C[C@@H]1CCCO1. The van der Waals surface area contributed by atoms with Gasteiger partial charge in [0.1, 0.15) is 0 Å². The Bertz CT molecular complexity index is 811. The molecular weight excluding hydrogens is 368 g/mol. The zero-order valence-corrected chi connectivity index (χ0v) is 17.0. The summed E-state index contributed by atoms with van der Waals surface area (Å²) in [6, 6.07) is 11.4. The first-order chi connectivity index (χ1) is 13.8. The Morgan fingerprint density at radius 3 is 2.75 bits per heavy atom. The smallest absolute Gasteiger partial charge is 0.170 e. The molecule has 3 aliphatic rings. The summed E-state index contributed by atoms with van der Waals surface area (Å²) in [5.74, 6) is 0. The van der Waals surface area contributed by atoms with Gasteiger partial charge in [-0.05, 0) is 62.2 Å². The molecule has 6 heteroatoms. The number of aromatic nitrogens is 2. The van der Waals surface area contributed by atoms with Crippen molar-refractivity contribution >= 4 is 17.3 Å². The third-order valence-electron chi connectivity index (χ3n) is 6.46.